The number of hydrogen-bond donors (Lipinski definition) is 0. The zero-order chi connectivity index (χ0) is 22.4. The number of nitriles is 1. The largest absolute Gasteiger partial charge is 0.451 e. The highest BCUT2D eigenvalue weighted by Crippen LogP contribution is 2.21. The number of anilines is 1. The Morgan fingerprint density at radius 2 is 1.87 bits per heavy atom. The summed E-state index contributed by atoms with van der Waals surface area (Å²) in [6, 6.07) is 14.7. The van der Waals surface area contributed by atoms with E-state index in [2.05, 4.69) is 10.2 Å². The summed E-state index contributed by atoms with van der Waals surface area (Å²) in [5.41, 5.74) is 1.91. The minimum absolute atomic E-state index is 0.0225. The first kappa shape index (κ1) is 21.2. The first-order valence-electron chi connectivity index (χ1n) is 9.01. The van der Waals surface area contributed by atoms with Crippen LogP contribution < -0.4 is 4.90 Å². The van der Waals surface area contributed by atoms with Crippen molar-refractivity contribution >= 4 is 23.4 Å². The molecule has 0 aliphatic carbocycles. The molecule has 0 N–H and O–H groups in total. The highest BCUT2D eigenvalue weighted by atomic mass is 16.6. The predicted molar refractivity (Wildman–Crippen MR) is 111 cm³/mol. The summed E-state index contributed by atoms with van der Waals surface area (Å²) in [5, 5.41) is 27.6. The van der Waals surface area contributed by atoms with Crippen molar-refractivity contribution in [1.82, 2.24) is 10.2 Å². The van der Waals surface area contributed by atoms with Gasteiger partial charge >= 0.3 is 5.97 Å². The lowest BCUT2D eigenvalue weighted by molar-refractivity contribution is -0.384. The smallest absolute Gasteiger partial charge is 0.349 e. The van der Waals surface area contributed by atoms with Crippen LogP contribution in [0.4, 0.5) is 11.4 Å². The van der Waals surface area contributed by atoms with Gasteiger partial charge in [-0.1, -0.05) is 12.1 Å². The molecule has 0 bridgehead atoms. The summed E-state index contributed by atoms with van der Waals surface area (Å²) < 4.78 is 10.5. The molecule has 2 aromatic carbocycles. The fraction of sp³-hybridized carbons (Fsp3) is 0.143. The Hall–Kier alpha value is -4.52. The van der Waals surface area contributed by atoms with E-state index in [1.165, 1.54) is 30.3 Å². The molecule has 0 aliphatic heterocycles. The minimum atomic E-state index is -0.825. The number of ether oxygens (including phenoxy) is 1. The van der Waals surface area contributed by atoms with Crippen LogP contribution in [-0.4, -0.2) is 35.2 Å². The lowest BCUT2D eigenvalue weighted by Crippen LogP contribution is -2.08. The third kappa shape index (κ3) is 5.30. The van der Waals surface area contributed by atoms with E-state index in [4.69, 9.17) is 9.15 Å². The number of carbonyl (C=O) groups excluding carboxylic acids is 1. The van der Waals surface area contributed by atoms with Crippen LogP contribution in [0.3, 0.4) is 0 Å². The van der Waals surface area contributed by atoms with Gasteiger partial charge in [-0.05, 0) is 35.9 Å². The van der Waals surface area contributed by atoms with Crippen LogP contribution in [-0.2, 0) is 16.1 Å². The molecule has 10 heteroatoms. The van der Waals surface area contributed by atoms with Crippen molar-refractivity contribution in [3.05, 3.63) is 75.7 Å². The maximum Gasteiger partial charge on any atom is 0.349 e. The quantitative estimate of drug-likeness (QED) is 0.186. The molecule has 0 amide bonds. The summed E-state index contributed by atoms with van der Waals surface area (Å²) >= 11 is 0. The zero-order valence-corrected chi connectivity index (χ0v) is 16.7. The number of benzene rings is 2. The van der Waals surface area contributed by atoms with Crippen molar-refractivity contribution in [2.75, 3.05) is 19.0 Å². The SMILES string of the molecule is CN(C)c1ccc(/C=C(\C#N)C(=O)OCc2nnc(-c3ccc([N+](=O)[O-])cc3)o2)cc1. The van der Waals surface area contributed by atoms with Crippen molar-refractivity contribution in [2.24, 2.45) is 0 Å². The molecule has 0 aliphatic rings. The first-order valence-corrected chi connectivity index (χ1v) is 9.01. The van der Waals surface area contributed by atoms with Gasteiger partial charge < -0.3 is 14.1 Å². The highest BCUT2D eigenvalue weighted by Gasteiger charge is 2.15. The Morgan fingerprint density at radius 1 is 1.19 bits per heavy atom. The maximum atomic E-state index is 12.2. The molecule has 1 aromatic heterocycles. The highest BCUT2D eigenvalue weighted by molar-refractivity contribution is 5.97. The Balaban J connectivity index is 1.64. The Labute approximate surface area is 177 Å². The summed E-state index contributed by atoms with van der Waals surface area (Å²) in [6.07, 6.45) is 1.43. The van der Waals surface area contributed by atoms with Gasteiger partial charge in [0.1, 0.15) is 11.6 Å². The predicted octanol–water partition coefficient (Wildman–Crippen LogP) is 3.36. The van der Waals surface area contributed by atoms with E-state index in [0.29, 0.717) is 11.1 Å². The monoisotopic (exact) mass is 419 g/mol. The number of carbonyl (C=O) groups is 1. The van der Waals surface area contributed by atoms with Gasteiger partial charge in [0.05, 0.1) is 4.92 Å². The van der Waals surface area contributed by atoms with Crippen molar-refractivity contribution in [3.8, 4) is 17.5 Å². The van der Waals surface area contributed by atoms with E-state index in [1.54, 1.807) is 12.1 Å². The third-order valence-corrected chi connectivity index (χ3v) is 4.18. The van der Waals surface area contributed by atoms with Gasteiger partial charge in [-0.2, -0.15) is 5.26 Å². The third-order valence-electron chi connectivity index (χ3n) is 4.18. The number of aromatic nitrogens is 2. The maximum absolute atomic E-state index is 12.2. The number of nitro benzene ring substituents is 1. The molecule has 10 nitrogen and oxygen atoms in total. The second kappa shape index (κ2) is 9.32. The number of esters is 1. The number of rotatable bonds is 7. The molecule has 0 fully saturated rings. The fourth-order valence-electron chi connectivity index (χ4n) is 2.53. The molecule has 0 saturated carbocycles. The lowest BCUT2D eigenvalue weighted by atomic mass is 10.1. The van der Waals surface area contributed by atoms with Crippen LogP contribution in [0.25, 0.3) is 17.5 Å². The number of non-ortho nitro benzene ring substituents is 1. The van der Waals surface area contributed by atoms with Crippen LogP contribution in [0.2, 0.25) is 0 Å². The van der Waals surface area contributed by atoms with Gasteiger partial charge in [0, 0.05) is 37.5 Å². The first-order chi connectivity index (χ1) is 14.9. The Kier molecular flexibility index (Phi) is 6.37. The number of hydrogen-bond acceptors (Lipinski definition) is 9. The molecule has 0 atom stereocenters. The second-order valence-corrected chi connectivity index (χ2v) is 6.54. The average molecular weight is 419 g/mol. The van der Waals surface area contributed by atoms with Crippen molar-refractivity contribution in [2.45, 2.75) is 6.61 Å². The van der Waals surface area contributed by atoms with E-state index in [9.17, 15) is 20.2 Å². The molecule has 31 heavy (non-hydrogen) atoms. The molecule has 0 spiro atoms. The average Bonchev–Trinajstić information content (AvgIpc) is 3.25. The molecule has 0 radical (unpaired) electrons. The summed E-state index contributed by atoms with van der Waals surface area (Å²) in [5.74, 6) is -0.679. The molecule has 156 valence electrons. The summed E-state index contributed by atoms with van der Waals surface area (Å²) in [4.78, 5) is 24.4. The normalized spacial score (nSPS) is 10.9. The van der Waals surface area contributed by atoms with Crippen LogP contribution in [0, 0.1) is 21.4 Å². The summed E-state index contributed by atoms with van der Waals surface area (Å²) in [7, 11) is 3.82. The molecular weight excluding hydrogens is 402 g/mol. The van der Waals surface area contributed by atoms with Gasteiger partial charge in [0.25, 0.3) is 11.6 Å². The van der Waals surface area contributed by atoms with E-state index in [-0.39, 0.29) is 29.6 Å². The van der Waals surface area contributed by atoms with Crippen LogP contribution in [0.15, 0.2) is 58.5 Å². The van der Waals surface area contributed by atoms with Gasteiger partial charge in [-0.25, -0.2) is 4.79 Å². The van der Waals surface area contributed by atoms with E-state index in [0.717, 1.165) is 5.69 Å². The fourth-order valence-corrected chi connectivity index (χ4v) is 2.53. The topological polar surface area (TPSA) is 135 Å². The Morgan fingerprint density at radius 3 is 2.45 bits per heavy atom. The lowest BCUT2D eigenvalue weighted by Gasteiger charge is -2.11. The Bertz CT molecular complexity index is 1160. The van der Waals surface area contributed by atoms with Crippen molar-refractivity contribution < 1.29 is 18.9 Å². The molecule has 0 saturated heterocycles. The number of nitrogens with zero attached hydrogens (tertiary/aromatic N) is 5. The van der Waals surface area contributed by atoms with Crippen molar-refractivity contribution in [1.29, 1.82) is 5.26 Å². The van der Waals surface area contributed by atoms with E-state index >= 15 is 0 Å². The summed E-state index contributed by atoms with van der Waals surface area (Å²) in [6.45, 7) is -0.322. The van der Waals surface area contributed by atoms with Crippen LogP contribution in [0.5, 0.6) is 0 Å². The van der Waals surface area contributed by atoms with Gasteiger partial charge in [0.15, 0.2) is 6.61 Å². The zero-order valence-electron chi connectivity index (χ0n) is 16.7. The van der Waals surface area contributed by atoms with Crippen molar-refractivity contribution in [3.63, 3.8) is 0 Å². The molecular formula is C21H17N5O5. The van der Waals surface area contributed by atoms with E-state index < -0.39 is 10.9 Å². The van der Waals surface area contributed by atoms with Gasteiger partial charge in [-0.15, -0.1) is 10.2 Å². The van der Waals surface area contributed by atoms with Gasteiger partial charge in [-0.3, -0.25) is 10.1 Å². The van der Waals surface area contributed by atoms with Gasteiger partial charge in [0.2, 0.25) is 5.89 Å². The molecule has 3 aromatic rings. The minimum Gasteiger partial charge on any atom is -0.451 e. The number of nitro groups is 1. The standard InChI is InChI=1S/C21H17N5O5/c1-25(2)17-7-3-14(4-8-17)11-16(12-22)21(27)30-13-19-23-24-20(31-19)15-5-9-18(10-6-15)26(28)29/h3-11H,13H2,1-2H3/b16-11+. The van der Waals surface area contributed by atoms with Crippen LogP contribution >= 0.6 is 0 Å². The second-order valence-electron chi connectivity index (χ2n) is 6.54. The molecule has 3 rings (SSSR count). The molecule has 1 heterocycles. The molecule has 0 unspecified atom stereocenters. The van der Waals surface area contributed by atoms with Crippen LogP contribution in [0.1, 0.15) is 11.5 Å². The van der Waals surface area contributed by atoms with E-state index in [1.807, 2.05) is 37.2 Å².